The number of hydrogen-bond acceptors (Lipinski definition) is 3. The van der Waals surface area contributed by atoms with E-state index in [0.717, 1.165) is 5.69 Å². The van der Waals surface area contributed by atoms with Gasteiger partial charge in [0.1, 0.15) is 5.82 Å². The van der Waals surface area contributed by atoms with E-state index >= 15 is 0 Å². The predicted octanol–water partition coefficient (Wildman–Crippen LogP) is 5.18. The van der Waals surface area contributed by atoms with Crippen molar-refractivity contribution in [1.29, 1.82) is 0 Å². The summed E-state index contributed by atoms with van der Waals surface area (Å²) in [5.74, 6) is -0.846. The average molecular weight is 344 g/mol. The summed E-state index contributed by atoms with van der Waals surface area (Å²) >= 11 is 6.22. The molecule has 1 aromatic heterocycles. The SMILES string of the molecule is CCOC(=O)c1ccc2nc(C)cc(-c3c(F)cccc3Cl)c2c1. The Balaban J connectivity index is 2.30. The van der Waals surface area contributed by atoms with Crippen LogP contribution in [0.25, 0.3) is 22.0 Å². The summed E-state index contributed by atoms with van der Waals surface area (Å²) in [5, 5.41) is 0.960. The van der Waals surface area contributed by atoms with Gasteiger partial charge in [0.2, 0.25) is 0 Å². The van der Waals surface area contributed by atoms with Crippen molar-refractivity contribution in [3.63, 3.8) is 0 Å². The second-order valence-corrected chi connectivity index (χ2v) is 5.77. The van der Waals surface area contributed by atoms with Crippen molar-refractivity contribution in [2.45, 2.75) is 13.8 Å². The normalized spacial score (nSPS) is 10.8. The molecular formula is C19H15ClFNO2. The molecule has 2 aromatic carbocycles. The first-order chi connectivity index (χ1) is 11.5. The molecule has 0 bridgehead atoms. The van der Waals surface area contributed by atoms with Gasteiger partial charge in [0.05, 0.1) is 22.7 Å². The number of halogens is 2. The van der Waals surface area contributed by atoms with Crippen LogP contribution >= 0.6 is 11.6 Å². The molecule has 0 spiro atoms. The summed E-state index contributed by atoms with van der Waals surface area (Å²) < 4.78 is 19.4. The van der Waals surface area contributed by atoms with E-state index in [9.17, 15) is 9.18 Å². The van der Waals surface area contributed by atoms with Gasteiger partial charge in [0.25, 0.3) is 0 Å². The molecule has 5 heteroatoms. The average Bonchev–Trinajstić information content (AvgIpc) is 2.54. The van der Waals surface area contributed by atoms with Gasteiger partial charge in [0, 0.05) is 16.6 Å². The molecule has 3 rings (SSSR count). The van der Waals surface area contributed by atoms with Gasteiger partial charge in [-0.1, -0.05) is 17.7 Å². The molecule has 24 heavy (non-hydrogen) atoms. The Morgan fingerprint density at radius 2 is 2.04 bits per heavy atom. The Hall–Kier alpha value is -2.46. The number of fused-ring (bicyclic) bond motifs is 1. The monoisotopic (exact) mass is 343 g/mol. The second-order valence-electron chi connectivity index (χ2n) is 5.36. The molecule has 1 heterocycles. The number of pyridine rings is 1. The molecule has 0 fully saturated rings. The number of carbonyl (C=O) groups is 1. The standard InChI is InChI=1S/C19H15ClFNO2/c1-3-24-19(23)12-7-8-17-13(10-12)14(9-11(2)22-17)18-15(20)5-4-6-16(18)21/h4-10H,3H2,1-2H3. The molecule has 0 aliphatic carbocycles. The summed E-state index contributed by atoms with van der Waals surface area (Å²) in [5.41, 5.74) is 2.70. The van der Waals surface area contributed by atoms with Gasteiger partial charge < -0.3 is 4.74 Å². The highest BCUT2D eigenvalue weighted by Crippen LogP contribution is 2.35. The molecule has 0 aliphatic heterocycles. The van der Waals surface area contributed by atoms with Crippen LogP contribution in [-0.2, 0) is 4.74 Å². The van der Waals surface area contributed by atoms with Crippen molar-refractivity contribution in [3.05, 3.63) is 64.6 Å². The molecular weight excluding hydrogens is 329 g/mol. The van der Waals surface area contributed by atoms with Crippen molar-refractivity contribution in [2.24, 2.45) is 0 Å². The maximum atomic E-state index is 14.4. The summed E-state index contributed by atoms with van der Waals surface area (Å²) in [4.78, 5) is 16.4. The van der Waals surface area contributed by atoms with Crippen LogP contribution in [0.2, 0.25) is 5.02 Å². The molecule has 0 unspecified atom stereocenters. The zero-order valence-corrected chi connectivity index (χ0v) is 14.0. The quantitative estimate of drug-likeness (QED) is 0.615. The fraction of sp³-hybridized carbons (Fsp3) is 0.158. The van der Waals surface area contributed by atoms with Crippen molar-refractivity contribution >= 4 is 28.5 Å². The van der Waals surface area contributed by atoms with Crippen molar-refractivity contribution in [2.75, 3.05) is 6.61 Å². The van der Waals surface area contributed by atoms with E-state index in [1.165, 1.54) is 6.07 Å². The summed E-state index contributed by atoms with van der Waals surface area (Å²) in [6.45, 7) is 3.86. The van der Waals surface area contributed by atoms with Crippen LogP contribution < -0.4 is 0 Å². The van der Waals surface area contributed by atoms with Crippen molar-refractivity contribution < 1.29 is 13.9 Å². The Morgan fingerprint density at radius 1 is 1.25 bits per heavy atom. The first-order valence-corrected chi connectivity index (χ1v) is 7.92. The number of aromatic nitrogens is 1. The van der Waals surface area contributed by atoms with Gasteiger partial charge in [-0.2, -0.15) is 0 Å². The lowest BCUT2D eigenvalue weighted by Crippen LogP contribution is -2.04. The van der Waals surface area contributed by atoms with E-state index in [4.69, 9.17) is 16.3 Å². The lowest BCUT2D eigenvalue weighted by atomic mass is 9.98. The van der Waals surface area contributed by atoms with Gasteiger partial charge >= 0.3 is 5.97 Å². The predicted molar refractivity (Wildman–Crippen MR) is 92.8 cm³/mol. The summed E-state index contributed by atoms with van der Waals surface area (Å²) in [6, 6.07) is 11.4. The maximum absolute atomic E-state index is 14.4. The Labute approximate surface area is 144 Å². The fourth-order valence-corrected chi connectivity index (χ4v) is 2.93. The number of rotatable bonds is 3. The molecule has 0 N–H and O–H groups in total. The Bertz CT molecular complexity index is 920. The zero-order chi connectivity index (χ0) is 17.3. The Kier molecular flexibility index (Phi) is 4.49. The summed E-state index contributed by atoms with van der Waals surface area (Å²) in [7, 11) is 0. The molecule has 0 radical (unpaired) electrons. The maximum Gasteiger partial charge on any atom is 0.338 e. The smallest absolute Gasteiger partial charge is 0.338 e. The van der Waals surface area contributed by atoms with Gasteiger partial charge in [-0.25, -0.2) is 9.18 Å². The first kappa shape index (κ1) is 16.4. The number of carbonyl (C=O) groups excluding carboxylic acids is 1. The third-order valence-corrected chi connectivity index (χ3v) is 3.99. The van der Waals surface area contributed by atoms with Gasteiger partial charge in [0.15, 0.2) is 0 Å². The van der Waals surface area contributed by atoms with Crippen LogP contribution in [0.3, 0.4) is 0 Å². The topological polar surface area (TPSA) is 39.2 Å². The van der Waals surface area contributed by atoms with E-state index in [-0.39, 0.29) is 6.61 Å². The zero-order valence-electron chi connectivity index (χ0n) is 13.3. The molecule has 122 valence electrons. The molecule has 0 amide bonds. The van der Waals surface area contributed by atoms with E-state index < -0.39 is 11.8 Å². The minimum absolute atomic E-state index is 0.287. The third kappa shape index (κ3) is 2.97. The minimum Gasteiger partial charge on any atom is -0.462 e. The van der Waals surface area contributed by atoms with Crippen molar-refractivity contribution in [1.82, 2.24) is 4.98 Å². The van der Waals surface area contributed by atoms with E-state index in [2.05, 4.69) is 4.98 Å². The number of aryl methyl sites for hydroxylation is 1. The highest BCUT2D eigenvalue weighted by atomic mass is 35.5. The lowest BCUT2D eigenvalue weighted by molar-refractivity contribution is 0.0526. The van der Waals surface area contributed by atoms with Crippen LogP contribution in [0.4, 0.5) is 4.39 Å². The van der Waals surface area contributed by atoms with Gasteiger partial charge in [-0.3, -0.25) is 4.98 Å². The van der Waals surface area contributed by atoms with E-state index in [0.29, 0.717) is 32.6 Å². The fourth-order valence-electron chi connectivity index (χ4n) is 2.66. The van der Waals surface area contributed by atoms with Gasteiger partial charge in [-0.15, -0.1) is 0 Å². The van der Waals surface area contributed by atoms with E-state index in [1.54, 1.807) is 43.3 Å². The number of nitrogens with zero attached hydrogens (tertiary/aromatic N) is 1. The molecule has 0 atom stereocenters. The molecule has 0 saturated heterocycles. The van der Waals surface area contributed by atoms with Crippen LogP contribution in [0.5, 0.6) is 0 Å². The second kappa shape index (κ2) is 6.57. The van der Waals surface area contributed by atoms with Crippen LogP contribution in [-0.4, -0.2) is 17.6 Å². The largest absolute Gasteiger partial charge is 0.462 e. The number of esters is 1. The number of benzene rings is 2. The molecule has 3 aromatic rings. The van der Waals surface area contributed by atoms with Crippen LogP contribution in [0, 0.1) is 12.7 Å². The lowest BCUT2D eigenvalue weighted by Gasteiger charge is -2.12. The molecule has 0 aliphatic rings. The summed E-state index contributed by atoms with van der Waals surface area (Å²) in [6.07, 6.45) is 0. The minimum atomic E-state index is -0.425. The number of hydrogen-bond donors (Lipinski definition) is 0. The van der Waals surface area contributed by atoms with Crippen LogP contribution in [0.15, 0.2) is 42.5 Å². The Morgan fingerprint density at radius 3 is 2.75 bits per heavy atom. The highest BCUT2D eigenvalue weighted by Gasteiger charge is 2.16. The van der Waals surface area contributed by atoms with Crippen molar-refractivity contribution in [3.8, 4) is 11.1 Å². The number of ether oxygens (including phenoxy) is 1. The molecule has 0 saturated carbocycles. The molecule has 3 nitrogen and oxygen atoms in total. The van der Waals surface area contributed by atoms with Crippen LogP contribution in [0.1, 0.15) is 23.0 Å². The van der Waals surface area contributed by atoms with E-state index in [1.807, 2.05) is 6.92 Å². The highest BCUT2D eigenvalue weighted by molar-refractivity contribution is 6.33. The third-order valence-electron chi connectivity index (χ3n) is 3.68. The first-order valence-electron chi connectivity index (χ1n) is 7.54. The van der Waals surface area contributed by atoms with Gasteiger partial charge in [-0.05, 0) is 55.8 Å².